The van der Waals surface area contributed by atoms with Crippen molar-refractivity contribution in [1.82, 2.24) is 10.2 Å². The molecule has 1 aliphatic heterocycles. The van der Waals surface area contributed by atoms with Crippen LogP contribution in [0.25, 0.3) is 0 Å². The average Bonchev–Trinajstić information content (AvgIpc) is 2.79. The van der Waals surface area contributed by atoms with E-state index in [2.05, 4.69) is 17.6 Å². The second kappa shape index (κ2) is 15.3. The van der Waals surface area contributed by atoms with Gasteiger partial charge in [0.15, 0.2) is 0 Å². The van der Waals surface area contributed by atoms with Crippen molar-refractivity contribution in [3.05, 3.63) is 24.3 Å². The van der Waals surface area contributed by atoms with Gasteiger partial charge < -0.3 is 20.1 Å². The van der Waals surface area contributed by atoms with Crippen LogP contribution in [-0.2, 0) is 19.1 Å². The van der Waals surface area contributed by atoms with Gasteiger partial charge in [0.2, 0.25) is 11.8 Å². The largest absolute Gasteiger partial charge is 0.494 e. The third kappa shape index (κ3) is 10.2. The quantitative estimate of drug-likeness (QED) is 0.306. The number of hydrogen-bond acceptors (Lipinski definition) is 6. The number of carbonyl (C=O) groups is 3. The summed E-state index contributed by atoms with van der Waals surface area (Å²) in [6.07, 6.45) is 7.50. The van der Waals surface area contributed by atoms with E-state index in [0.717, 1.165) is 25.7 Å². The topological polar surface area (TPSA) is 97.0 Å². The van der Waals surface area contributed by atoms with Gasteiger partial charge in [-0.25, -0.2) is 0 Å². The summed E-state index contributed by atoms with van der Waals surface area (Å²) in [5.41, 5.74) is 0.639. The molecule has 1 atom stereocenters. The number of amides is 2. The Morgan fingerprint density at radius 3 is 2.67 bits per heavy atom. The van der Waals surface area contributed by atoms with E-state index in [1.807, 2.05) is 19.1 Å². The predicted molar refractivity (Wildman–Crippen MR) is 128 cm³/mol. The lowest BCUT2D eigenvalue weighted by Gasteiger charge is -2.33. The fourth-order valence-corrected chi connectivity index (χ4v) is 3.66. The fourth-order valence-electron chi connectivity index (χ4n) is 3.66. The molecule has 0 radical (unpaired) electrons. The predicted octanol–water partition coefficient (Wildman–Crippen LogP) is 3.51. The Balaban J connectivity index is 1.83. The van der Waals surface area contributed by atoms with Crippen molar-refractivity contribution in [2.75, 3.05) is 38.2 Å². The molecule has 0 aromatic heterocycles. The number of esters is 1. The molecule has 0 bridgehead atoms. The van der Waals surface area contributed by atoms with Gasteiger partial charge in [-0.2, -0.15) is 0 Å². The van der Waals surface area contributed by atoms with Crippen LogP contribution in [0.2, 0.25) is 0 Å². The standard InChI is InChI=1S/C25H39N3O5/c1-3-5-7-8-9-16-32-21-12-10-11-20(17-21)27-23(29)19-28-14-13-26-25(31)22(28)18-24(30)33-15-6-4-2/h10-12,17,22H,3-9,13-16,18-19H2,1-2H3,(H,26,31)(H,27,29). The number of piperazine rings is 1. The van der Waals surface area contributed by atoms with Gasteiger partial charge in [-0.3, -0.25) is 19.3 Å². The second-order valence-electron chi connectivity index (χ2n) is 8.39. The minimum atomic E-state index is -0.707. The zero-order valence-electron chi connectivity index (χ0n) is 20.1. The van der Waals surface area contributed by atoms with E-state index in [-0.39, 0.29) is 24.8 Å². The minimum Gasteiger partial charge on any atom is -0.494 e. The van der Waals surface area contributed by atoms with Gasteiger partial charge in [0.1, 0.15) is 11.8 Å². The van der Waals surface area contributed by atoms with Crippen molar-refractivity contribution in [3.8, 4) is 5.75 Å². The molecule has 1 saturated heterocycles. The van der Waals surface area contributed by atoms with Crippen molar-refractivity contribution in [3.63, 3.8) is 0 Å². The van der Waals surface area contributed by atoms with Crippen molar-refractivity contribution in [2.24, 2.45) is 0 Å². The molecule has 8 nitrogen and oxygen atoms in total. The molecule has 8 heteroatoms. The molecule has 1 heterocycles. The molecule has 184 valence electrons. The maximum Gasteiger partial charge on any atom is 0.307 e. The SMILES string of the molecule is CCCCCCCOc1cccc(NC(=O)CN2CCNC(=O)C2CC(=O)OCCCC)c1. The molecular weight excluding hydrogens is 422 g/mol. The molecule has 0 saturated carbocycles. The molecule has 1 aromatic rings. The molecule has 0 aliphatic carbocycles. The van der Waals surface area contributed by atoms with E-state index in [0.29, 0.717) is 37.7 Å². The van der Waals surface area contributed by atoms with E-state index in [4.69, 9.17) is 9.47 Å². The molecule has 2 rings (SSSR count). The summed E-state index contributed by atoms with van der Waals surface area (Å²) >= 11 is 0. The normalized spacial score (nSPS) is 16.2. The van der Waals surface area contributed by atoms with Crippen LogP contribution in [-0.4, -0.2) is 61.6 Å². The van der Waals surface area contributed by atoms with Crippen LogP contribution in [0.1, 0.15) is 65.2 Å². The Labute approximate surface area is 197 Å². The maximum atomic E-state index is 12.7. The summed E-state index contributed by atoms with van der Waals surface area (Å²) in [5.74, 6) is -0.203. The minimum absolute atomic E-state index is 0.0167. The van der Waals surface area contributed by atoms with Crippen molar-refractivity contribution in [1.29, 1.82) is 0 Å². The maximum absolute atomic E-state index is 12.7. The highest BCUT2D eigenvalue weighted by atomic mass is 16.5. The van der Waals surface area contributed by atoms with E-state index >= 15 is 0 Å². The number of benzene rings is 1. The summed E-state index contributed by atoms with van der Waals surface area (Å²) in [5, 5.41) is 5.63. The monoisotopic (exact) mass is 461 g/mol. The highest BCUT2D eigenvalue weighted by molar-refractivity contribution is 5.93. The smallest absolute Gasteiger partial charge is 0.307 e. The number of anilines is 1. The molecule has 2 N–H and O–H groups in total. The van der Waals surface area contributed by atoms with Crippen LogP contribution < -0.4 is 15.4 Å². The van der Waals surface area contributed by atoms with Crippen LogP contribution >= 0.6 is 0 Å². The van der Waals surface area contributed by atoms with Crippen LogP contribution in [0.5, 0.6) is 5.75 Å². The fraction of sp³-hybridized carbons (Fsp3) is 0.640. The second-order valence-corrected chi connectivity index (χ2v) is 8.39. The van der Waals surface area contributed by atoms with Gasteiger partial charge in [0, 0.05) is 24.8 Å². The molecule has 1 aromatic carbocycles. The van der Waals surface area contributed by atoms with Gasteiger partial charge in [-0.05, 0) is 25.0 Å². The number of hydrogen-bond donors (Lipinski definition) is 2. The van der Waals surface area contributed by atoms with Crippen LogP contribution in [0.4, 0.5) is 5.69 Å². The van der Waals surface area contributed by atoms with Gasteiger partial charge in [-0.1, -0.05) is 52.0 Å². The lowest BCUT2D eigenvalue weighted by atomic mass is 10.1. The van der Waals surface area contributed by atoms with E-state index < -0.39 is 12.0 Å². The van der Waals surface area contributed by atoms with Crippen LogP contribution in [0, 0.1) is 0 Å². The Hall–Kier alpha value is -2.61. The van der Waals surface area contributed by atoms with Gasteiger partial charge in [0.05, 0.1) is 26.2 Å². The zero-order chi connectivity index (χ0) is 23.9. The lowest BCUT2D eigenvalue weighted by molar-refractivity contribution is -0.149. The first-order chi connectivity index (χ1) is 16.0. The van der Waals surface area contributed by atoms with Crippen molar-refractivity contribution >= 4 is 23.5 Å². The Morgan fingerprint density at radius 2 is 1.88 bits per heavy atom. The number of carbonyl (C=O) groups excluding carboxylic acids is 3. The first-order valence-electron chi connectivity index (χ1n) is 12.2. The first-order valence-corrected chi connectivity index (χ1v) is 12.2. The number of nitrogens with one attached hydrogen (secondary N) is 2. The van der Waals surface area contributed by atoms with Gasteiger partial charge in [-0.15, -0.1) is 0 Å². The molecule has 1 unspecified atom stereocenters. The highest BCUT2D eigenvalue weighted by Crippen LogP contribution is 2.18. The van der Waals surface area contributed by atoms with E-state index in [1.165, 1.54) is 19.3 Å². The third-order valence-electron chi connectivity index (χ3n) is 5.54. The summed E-state index contributed by atoms with van der Waals surface area (Å²) in [6, 6.07) is 6.61. The molecule has 1 aliphatic rings. The molecular formula is C25H39N3O5. The van der Waals surface area contributed by atoms with Crippen LogP contribution in [0.3, 0.4) is 0 Å². The number of rotatable bonds is 15. The Bertz CT molecular complexity index is 755. The average molecular weight is 462 g/mol. The molecule has 0 spiro atoms. The van der Waals surface area contributed by atoms with Crippen molar-refractivity contribution < 1.29 is 23.9 Å². The number of nitrogens with zero attached hydrogens (tertiary/aromatic N) is 1. The molecule has 1 fully saturated rings. The molecule has 33 heavy (non-hydrogen) atoms. The highest BCUT2D eigenvalue weighted by Gasteiger charge is 2.33. The van der Waals surface area contributed by atoms with Crippen molar-refractivity contribution in [2.45, 2.75) is 71.3 Å². The molecule has 2 amide bonds. The number of unbranched alkanes of at least 4 members (excludes halogenated alkanes) is 5. The summed E-state index contributed by atoms with van der Waals surface area (Å²) in [4.78, 5) is 38.8. The third-order valence-corrected chi connectivity index (χ3v) is 5.54. The van der Waals surface area contributed by atoms with Gasteiger partial charge in [0.25, 0.3) is 0 Å². The van der Waals surface area contributed by atoms with E-state index in [1.54, 1.807) is 17.0 Å². The Morgan fingerprint density at radius 1 is 1.09 bits per heavy atom. The van der Waals surface area contributed by atoms with Gasteiger partial charge >= 0.3 is 5.97 Å². The number of ether oxygens (including phenoxy) is 2. The first kappa shape index (κ1) is 26.6. The lowest BCUT2D eigenvalue weighted by Crippen LogP contribution is -2.57. The zero-order valence-corrected chi connectivity index (χ0v) is 20.1. The van der Waals surface area contributed by atoms with E-state index in [9.17, 15) is 14.4 Å². The summed E-state index contributed by atoms with van der Waals surface area (Å²) in [7, 11) is 0. The Kier molecular flexibility index (Phi) is 12.3. The summed E-state index contributed by atoms with van der Waals surface area (Å²) < 4.78 is 11.0. The summed E-state index contributed by atoms with van der Waals surface area (Å²) in [6.45, 7) is 6.16. The van der Waals surface area contributed by atoms with Crippen LogP contribution in [0.15, 0.2) is 24.3 Å².